The Kier molecular flexibility index (Phi) is 2.37. The smallest absolute Gasteiger partial charge is 0.212 e. The molecule has 1 nitrogen and oxygen atoms in total. The van der Waals surface area contributed by atoms with Gasteiger partial charge in [0.15, 0.2) is 0 Å². The summed E-state index contributed by atoms with van der Waals surface area (Å²) in [6, 6.07) is 3.16. The van der Waals surface area contributed by atoms with E-state index in [9.17, 15) is 4.39 Å². The Balaban J connectivity index is 2.69. The summed E-state index contributed by atoms with van der Waals surface area (Å²) in [7, 11) is 0. The monoisotopic (exact) mass is 139 g/mol. The van der Waals surface area contributed by atoms with Crippen molar-refractivity contribution in [3.05, 3.63) is 29.8 Å². The number of aromatic nitrogens is 1. The van der Waals surface area contributed by atoms with E-state index in [2.05, 4.69) is 11.9 Å². The first-order chi connectivity index (χ1) is 4.83. The molecule has 0 unspecified atom stereocenters. The van der Waals surface area contributed by atoms with Crippen molar-refractivity contribution in [1.29, 1.82) is 0 Å². The number of rotatable bonds is 2. The standard InChI is InChI=1S/C8H10FN/c1-2-3-7-4-5-8(9)10-6-7/h4-6H,2-3H2,1H3. The number of pyridine rings is 1. The molecule has 0 aliphatic heterocycles. The van der Waals surface area contributed by atoms with Gasteiger partial charge < -0.3 is 0 Å². The van der Waals surface area contributed by atoms with Crippen LogP contribution >= 0.6 is 0 Å². The zero-order valence-corrected chi connectivity index (χ0v) is 5.97. The highest BCUT2D eigenvalue weighted by Crippen LogP contribution is 2.01. The highest BCUT2D eigenvalue weighted by Gasteiger charge is 1.91. The third kappa shape index (κ3) is 1.79. The summed E-state index contributed by atoms with van der Waals surface area (Å²) in [4.78, 5) is 3.53. The van der Waals surface area contributed by atoms with Crippen molar-refractivity contribution < 1.29 is 4.39 Å². The molecule has 0 aliphatic carbocycles. The SMILES string of the molecule is CCCc1ccc(F)nc1. The van der Waals surface area contributed by atoms with Crippen LogP contribution in [-0.2, 0) is 6.42 Å². The van der Waals surface area contributed by atoms with Gasteiger partial charge in [0.2, 0.25) is 5.95 Å². The first-order valence-corrected chi connectivity index (χ1v) is 3.43. The molecule has 1 aromatic rings. The quantitative estimate of drug-likeness (QED) is 0.572. The fourth-order valence-electron chi connectivity index (χ4n) is 0.843. The molecule has 10 heavy (non-hydrogen) atoms. The first-order valence-electron chi connectivity index (χ1n) is 3.43. The minimum absolute atomic E-state index is 0.403. The van der Waals surface area contributed by atoms with E-state index in [0.29, 0.717) is 0 Å². The topological polar surface area (TPSA) is 12.9 Å². The van der Waals surface area contributed by atoms with Crippen LogP contribution in [0.25, 0.3) is 0 Å². The normalized spacial score (nSPS) is 9.80. The second-order valence-electron chi connectivity index (χ2n) is 2.24. The lowest BCUT2D eigenvalue weighted by Gasteiger charge is -1.94. The lowest BCUT2D eigenvalue weighted by Crippen LogP contribution is -1.86. The van der Waals surface area contributed by atoms with Gasteiger partial charge in [-0.25, -0.2) is 4.98 Å². The summed E-state index contributed by atoms with van der Waals surface area (Å²) in [5, 5.41) is 0. The van der Waals surface area contributed by atoms with E-state index in [-0.39, 0.29) is 0 Å². The zero-order chi connectivity index (χ0) is 7.40. The van der Waals surface area contributed by atoms with Gasteiger partial charge in [-0.2, -0.15) is 4.39 Å². The maximum Gasteiger partial charge on any atom is 0.212 e. The van der Waals surface area contributed by atoms with Crippen molar-refractivity contribution in [2.75, 3.05) is 0 Å². The van der Waals surface area contributed by atoms with Crippen LogP contribution in [0.4, 0.5) is 4.39 Å². The molecular weight excluding hydrogens is 129 g/mol. The van der Waals surface area contributed by atoms with E-state index < -0.39 is 5.95 Å². The Morgan fingerprint density at radius 3 is 2.80 bits per heavy atom. The largest absolute Gasteiger partial charge is 0.228 e. The highest BCUT2D eigenvalue weighted by atomic mass is 19.1. The predicted molar refractivity (Wildman–Crippen MR) is 38.2 cm³/mol. The summed E-state index contributed by atoms with van der Waals surface area (Å²) < 4.78 is 12.2. The molecule has 0 saturated carbocycles. The number of hydrogen-bond acceptors (Lipinski definition) is 1. The Bertz CT molecular complexity index is 193. The number of halogens is 1. The fraction of sp³-hybridized carbons (Fsp3) is 0.375. The van der Waals surface area contributed by atoms with Crippen molar-refractivity contribution >= 4 is 0 Å². The summed E-state index contributed by atoms with van der Waals surface area (Å²) >= 11 is 0. The lowest BCUT2D eigenvalue weighted by molar-refractivity contribution is 0.582. The van der Waals surface area contributed by atoms with Crippen LogP contribution in [0.2, 0.25) is 0 Å². The molecule has 0 aliphatic rings. The summed E-state index contributed by atoms with van der Waals surface area (Å²) in [6.45, 7) is 2.09. The van der Waals surface area contributed by atoms with Gasteiger partial charge >= 0.3 is 0 Å². The third-order valence-corrected chi connectivity index (χ3v) is 1.33. The molecule has 0 fully saturated rings. The minimum Gasteiger partial charge on any atom is -0.228 e. The Labute approximate surface area is 59.9 Å². The van der Waals surface area contributed by atoms with Crippen LogP contribution in [0.1, 0.15) is 18.9 Å². The van der Waals surface area contributed by atoms with E-state index in [4.69, 9.17) is 0 Å². The number of aryl methyl sites for hydroxylation is 1. The third-order valence-electron chi connectivity index (χ3n) is 1.33. The molecule has 0 N–H and O–H groups in total. The van der Waals surface area contributed by atoms with Crippen molar-refractivity contribution in [2.24, 2.45) is 0 Å². The number of hydrogen-bond donors (Lipinski definition) is 0. The average Bonchev–Trinajstić information content (AvgIpc) is 1.95. The van der Waals surface area contributed by atoms with Crippen molar-refractivity contribution in [3.63, 3.8) is 0 Å². The molecule has 0 atom stereocenters. The maximum absolute atomic E-state index is 12.2. The van der Waals surface area contributed by atoms with Crippen molar-refractivity contribution in [3.8, 4) is 0 Å². The molecule has 0 bridgehead atoms. The predicted octanol–water partition coefficient (Wildman–Crippen LogP) is 2.17. The first kappa shape index (κ1) is 7.19. The Morgan fingerprint density at radius 1 is 1.50 bits per heavy atom. The molecule has 1 heterocycles. The summed E-state index contributed by atoms with van der Waals surface area (Å²) in [6.07, 6.45) is 3.64. The van der Waals surface area contributed by atoms with Crippen LogP contribution in [0.15, 0.2) is 18.3 Å². The van der Waals surface area contributed by atoms with E-state index >= 15 is 0 Å². The fourth-order valence-corrected chi connectivity index (χ4v) is 0.843. The molecule has 0 amide bonds. The van der Waals surface area contributed by atoms with Crippen LogP contribution in [-0.4, -0.2) is 4.98 Å². The molecule has 0 spiro atoms. The average molecular weight is 139 g/mol. The van der Waals surface area contributed by atoms with Crippen LogP contribution in [0.5, 0.6) is 0 Å². The van der Waals surface area contributed by atoms with Crippen LogP contribution < -0.4 is 0 Å². The molecule has 0 saturated heterocycles. The molecule has 1 rings (SSSR count). The van der Waals surface area contributed by atoms with Crippen LogP contribution in [0, 0.1) is 5.95 Å². The minimum atomic E-state index is -0.403. The summed E-state index contributed by atoms with van der Waals surface area (Å²) in [5.74, 6) is -0.403. The van der Waals surface area contributed by atoms with Gasteiger partial charge in [-0.15, -0.1) is 0 Å². The lowest BCUT2D eigenvalue weighted by atomic mass is 10.2. The van der Waals surface area contributed by atoms with Gasteiger partial charge in [-0.3, -0.25) is 0 Å². The van der Waals surface area contributed by atoms with Crippen molar-refractivity contribution in [2.45, 2.75) is 19.8 Å². The molecule has 1 aromatic heterocycles. The Morgan fingerprint density at radius 2 is 2.30 bits per heavy atom. The van der Waals surface area contributed by atoms with Gasteiger partial charge in [-0.05, 0) is 18.1 Å². The van der Waals surface area contributed by atoms with Gasteiger partial charge in [0.25, 0.3) is 0 Å². The van der Waals surface area contributed by atoms with E-state index in [1.165, 1.54) is 6.07 Å². The van der Waals surface area contributed by atoms with Crippen molar-refractivity contribution in [1.82, 2.24) is 4.98 Å². The van der Waals surface area contributed by atoms with Gasteiger partial charge in [0, 0.05) is 6.20 Å². The second-order valence-corrected chi connectivity index (χ2v) is 2.24. The summed E-state index contributed by atoms with van der Waals surface area (Å²) in [5.41, 5.74) is 1.10. The van der Waals surface area contributed by atoms with E-state index in [1.807, 2.05) is 0 Å². The highest BCUT2D eigenvalue weighted by molar-refractivity contribution is 5.08. The van der Waals surface area contributed by atoms with Gasteiger partial charge in [-0.1, -0.05) is 19.4 Å². The second kappa shape index (κ2) is 3.30. The Hall–Kier alpha value is -0.920. The maximum atomic E-state index is 12.2. The molecule has 2 heteroatoms. The molecule has 0 radical (unpaired) electrons. The van der Waals surface area contributed by atoms with Gasteiger partial charge in [0.1, 0.15) is 0 Å². The molecule has 0 aromatic carbocycles. The molecular formula is C8H10FN. The van der Waals surface area contributed by atoms with Gasteiger partial charge in [0.05, 0.1) is 0 Å². The van der Waals surface area contributed by atoms with E-state index in [1.54, 1.807) is 12.3 Å². The zero-order valence-electron chi connectivity index (χ0n) is 5.97. The number of nitrogens with zero attached hydrogens (tertiary/aromatic N) is 1. The molecule has 54 valence electrons. The van der Waals surface area contributed by atoms with E-state index in [0.717, 1.165) is 18.4 Å². The van der Waals surface area contributed by atoms with Crippen LogP contribution in [0.3, 0.4) is 0 Å².